The molecular formula is Na2O8S2. The van der Waals surface area contributed by atoms with Crippen LogP contribution >= 0.6 is 0 Å². The molecule has 0 rings (SSSR count). The Bertz CT molecular complexity index is 283. The summed E-state index contributed by atoms with van der Waals surface area (Å²) in [6.07, 6.45) is 0. The van der Waals surface area contributed by atoms with E-state index in [9.17, 15) is 21.4 Å². The topological polar surface area (TPSA) is 133 Å². The SMILES string of the molecule is O=S(=O)([O-])OS(=O)(=O)O[O-].[Na+].[Na+]. The Morgan fingerprint density at radius 3 is 1.42 bits per heavy atom. The number of hydrogen-bond donors (Lipinski definition) is 0. The molecule has 0 saturated carbocycles. The first-order valence-electron chi connectivity index (χ1n) is 1.50. The molecule has 0 atom stereocenters. The fourth-order valence-corrected chi connectivity index (χ4v) is 1.02. The largest absolute Gasteiger partial charge is 1.00 e. The summed E-state index contributed by atoms with van der Waals surface area (Å²) < 4.78 is 52.5. The van der Waals surface area contributed by atoms with Gasteiger partial charge in [0.25, 0.3) is 0 Å². The Labute approximate surface area is 113 Å². The van der Waals surface area contributed by atoms with Crippen molar-refractivity contribution in [1.29, 1.82) is 0 Å². The van der Waals surface area contributed by atoms with Crippen molar-refractivity contribution in [3.05, 3.63) is 0 Å². The van der Waals surface area contributed by atoms with Crippen LogP contribution in [0.2, 0.25) is 0 Å². The summed E-state index contributed by atoms with van der Waals surface area (Å²) in [5, 5.41) is 9.01. The molecule has 0 aliphatic rings. The fraction of sp³-hybridized carbons (Fsp3) is 0. The second kappa shape index (κ2) is 7.09. The smallest absolute Gasteiger partial charge is 0.725 e. The molecule has 0 heterocycles. The van der Waals surface area contributed by atoms with Crippen molar-refractivity contribution in [2.24, 2.45) is 0 Å². The molecule has 0 aromatic rings. The minimum Gasteiger partial charge on any atom is -0.725 e. The molecule has 0 radical (unpaired) electrons. The van der Waals surface area contributed by atoms with Crippen LogP contribution in [0.25, 0.3) is 0 Å². The van der Waals surface area contributed by atoms with Crippen LogP contribution in [0.4, 0.5) is 0 Å². The number of hydrogen-bond acceptors (Lipinski definition) is 8. The van der Waals surface area contributed by atoms with Crippen LogP contribution in [0, 0.1) is 0 Å². The van der Waals surface area contributed by atoms with Crippen LogP contribution in [-0.2, 0) is 28.8 Å². The summed E-state index contributed by atoms with van der Waals surface area (Å²) in [6.45, 7) is 0. The fourth-order valence-electron chi connectivity index (χ4n) is 0.113. The molecule has 0 saturated heterocycles. The van der Waals surface area contributed by atoms with E-state index < -0.39 is 20.8 Å². The first-order valence-corrected chi connectivity index (χ1v) is 4.17. The molecule has 0 aliphatic carbocycles. The normalized spacial score (nSPS) is 11.2. The summed E-state index contributed by atoms with van der Waals surface area (Å²) in [4.78, 5) is 0. The third-order valence-electron chi connectivity index (χ3n) is 0.250. The van der Waals surface area contributed by atoms with Crippen molar-refractivity contribution in [3.8, 4) is 0 Å². The quantitative estimate of drug-likeness (QED) is 0.155. The first kappa shape index (κ1) is 19.3. The van der Waals surface area contributed by atoms with Gasteiger partial charge in [-0.15, -0.1) is 3.63 Å². The maximum Gasteiger partial charge on any atom is 1.00 e. The van der Waals surface area contributed by atoms with Crippen LogP contribution in [0.5, 0.6) is 0 Å². The summed E-state index contributed by atoms with van der Waals surface area (Å²) in [6, 6.07) is 0. The van der Waals surface area contributed by atoms with Crippen molar-refractivity contribution >= 4 is 20.8 Å². The van der Waals surface area contributed by atoms with Gasteiger partial charge in [-0.2, -0.15) is 8.42 Å². The third kappa shape index (κ3) is 11.7. The van der Waals surface area contributed by atoms with Gasteiger partial charge in [0.05, 0.1) is 0 Å². The van der Waals surface area contributed by atoms with Crippen molar-refractivity contribution in [2.45, 2.75) is 0 Å². The van der Waals surface area contributed by atoms with Crippen LogP contribution in [0.3, 0.4) is 0 Å². The molecular weight excluding hydrogens is 238 g/mol. The van der Waals surface area contributed by atoms with Gasteiger partial charge in [0.15, 0.2) is 0 Å². The molecule has 0 unspecified atom stereocenters. The van der Waals surface area contributed by atoms with Crippen LogP contribution < -0.4 is 64.4 Å². The Kier molecular flexibility index (Phi) is 11.4. The molecule has 0 fully saturated rings. The zero-order valence-corrected chi connectivity index (χ0v) is 11.7. The van der Waals surface area contributed by atoms with E-state index in [1.54, 1.807) is 0 Å². The van der Waals surface area contributed by atoms with Gasteiger partial charge in [-0.05, 0) is 0 Å². The average molecular weight is 238 g/mol. The van der Waals surface area contributed by atoms with E-state index in [0.717, 1.165) is 0 Å². The zero-order chi connectivity index (χ0) is 8.41. The van der Waals surface area contributed by atoms with Crippen molar-refractivity contribution < 1.29 is 93.7 Å². The van der Waals surface area contributed by atoms with Crippen LogP contribution in [0.1, 0.15) is 0 Å². The van der Waals surface area contributed by atoms with Crippen molar-refractivity contribution in [1.82, 2.24) is 0 Å². The molecule has 12 heteroatoms. The Balaban J connectivity index is -0.000000405. The van der Waals surface area contributed by atoms with Crippen molar-refractivity contribution in [2.75, 3.05) is 0 Å². The monoisotopic (exact) mass is 238 g/mol. The van der Waals surface area contributed by atoms with Gasteiger partial charge in [0.1, 0.15) is 0 Å². The molecule has 0 spiro atoms. The molecule has 0 aromatic carbocycles. The minimum absolute atomic E-state index is 0. The van der Waals surface area contributed by atoms with Gasteiger partial charge >= 0.3 is 69.5 Å². The molecule has 0 amide bonds. The molecule has 0 bridgehead atoms. The standard InChI is InChI=1S/2Na.H2O8S2/c;;1-7-10(5,6)8-9(2,3)4/h;;1H,(H,2,3,4)/q2*+1;/p-2. The maximum absolute atomic E-state index is 9.68. The minimum atomic E-state index is -5.46. The Morgan fingerprint density at radius 2 is 1.33 bits per heavy atom. The summed E-state index contributed by atoms with van der Waals surface area (Å²) in [7, 11) is -10.7. The third-order valence-corrected chi connectivity index (χ3v) is 1.75. The van der Waals surface area contributed by atoms with Gasteiger partial charge in [-0.25, -0.2) is 8.42 Å². The van der Waals surface area contributed by atoms with E-state index in [1.807, 2.05) is 0 Å². The second-order valence-corrected chi connectivity index (χ2v) is 3.27. The Morgan fingerprint density at radius 1 is 1.00 bits per heavy atom. The van der Waals surface area contributed by atoms with Crippen LogP contribution in [0.15, 0.2) is 0 Å². The summed E-state index contributed by atoms with van der Waals surface area (Å²) in [5.74, 6) is 0. The van der Waals surface area contributed by atoms with E-state index in [2.05, 4.69) is 7.96 Å². The van der Waals surface area contributed by atoms with E-state index in [0.29, 0.717) is 0 Å². The predicted octanol–water partition coefficient (Wildman–Crippen LogP) is -8.99. The van der Waals surface area contributed by atoms with E-state index in [4.69, 9.17) is 5.26 Å². The van der Waals surface area contributed by atoms with E-state index in [1.165, 1.54) is 0 Å². The van der Waals surface area contributed by atoms with Gasteiger partial charge in [-0.3, -0.25) is 0 Å². The summed E-state index contributed by atoms with van der Waals surface area (Å²) >= 11 is 0. The first-order chi connectivity index (χ1) is 4.27. The van der Waals surface area contributed by atoms with Gasteiger partial charge in [0, 0.05) is 0 Å². The van der Waals surface area contributed by atoms with Crippen molar-refractivity contribution in [3.63, 3.8) is 0 Å². The molecule has 12 heavy (non-hydrogen) atoms. The zero-order valence-electron chi connectivity index (χ0n) is 6.08. The molecule has 0 N–H and O–H groups in total. The van der Waals surface area contributed by atoms with Gasteiger partial charge in [-0.1, -0.05) is 0 Å². The van der Waals surface area contributed by atoms with Crippen LogP contribution in [-0.4, -0.2) is 21.4 Å². The maximum atomic E-state index is 9.68. The molecule has 0 aromatic heterocycles. The van der Waals surface area contributed by atoms with Gasteiger partial charge in [0.2, 0.25) is 10.4 Å². The molecule has 62 valence electrons. The second-order valence-electron chi connectivity index (χ2n) is 0.953. The Hall–Kier alpha value is 1.74. The molecule has 0 aliphatic heterocycles. The summed E-state index contributed by atoms with van der Waals surface area (Å²) in [5.41, 5.74) is 0. The average Bonchev–Trinajstić information content (AvgIpc) is 1.60. The number of rotatable bonds is 3. The predicted molar refractivity (Wildman–Crippen MR) is 20.8 cm³/mol. The van der Waals surface area contributed by atoms with Gasteiger partial charge < -0.3 is 14.1 Å². The van der Waals surface area contributed by atoms with E-state index in [-0.39, 0.29) is 59.1 Å². The van der Waals surface area contributed by atoms with E-state index >= 15 is 0 Å². The molecule has 8 nitrogen and oxygen atoms in total.